The number of rotatable bonds is 7. The van der Waals surface area contributed by atoms with Gasteiger partial charge in [-0.15, -0.1) is 11.3 Å². The Morgan fingerprint density at radius 2 is 1.88 bits per heavy atom. The number of aryl methyl sites for hydroxylation is 2. The van der Waals surface area contributed by atoms with Crippen molar-refractivity contribution in [3.63, 3.8) is 0 Å². The molecule has 1 aromatic heterocycles. The molecule has 3 atom stereocenters. The van der Waals surface area contributed by atoms with E-state index in [1.165, 1.54) is 27.4 Å². The molecular weight excluding hydrogens is 442 g/mol. The predicted octanol–water partition coefficient (Wildman–Crippen LogP) is 4.66. The Labute approximate surface area is 197 Å². The predicted molar refractivity (Wildman–Crippen MR) is 130 cm³/mol. The zero-order chi connectivity index (χ0) is 22.8. The lowest BCUT2D eigenvalue weighted by molar-refractivity contribution is -0.146. The van der Waals surface area contributed by atoms with E-state index in [-0.39, 0.29) is 29.6 Å². The first-order chi connectivity index (χ1) is 15.4. The summed E-state index contributed by atoms with van der Waals surface area (Å²) in [6.07, 6.45) is 5.83. The van der Waals surface area contributed by atoms with Gasteiger partial charge in [-0.2, -0.15) is 11.8 Å². The van der Waals surface area contributed by atoms with Crippen LogP contribution in [0.4, 0.5) is 5.13 Å². The van der Waals surface area contributed by atoms with Gasteiger partial charge in [0.2, 0.25) is 17.7 Å². The average Bonchev–Trinajstić information content (AvgIpc) is 3.34. The van der Waals surface area contributed by atoms with Gasteiger partial charge in [-0.1, -0.05) is 25.0 Å². The molecule has 8 heteroatoms. The Balaban J connectivity index is 1.53. The van der Waals surface area contributed by atoms with Gasteiger partial charge in [-0.3, -0.25) is 19.3 Å². The highest BCUT2D eigenvalue weighted by molar-refractivity contribution is 7.98. The maximum absolute atomic E-state index is 13.2. The van der Waals surface area contributed by atoms with Crippen LogP contribution in [0.3, 0.4) is 0 Å². The number of benzene rings is 1. The van der Waals surface area contributed by atoms with Crippen molar-refractivity contribution in [1.82, 2.24) is 9.88 Å². The lowest BCUT2D eigenvalue weighted by Crippen LogP contribution is -2.48. The summed E-state index contributed by atoms with van der Waals surface area (Å²) in [5, 5.41) is 5.27. The number of thiazole rings is 1. The number of hydrogen-bond acceptors (Lipinski definition) is 6. The molecule has 0 spiro atoms. The SMILES string of the molecule is CSCCC(C(=O)Nc1nc(-c2ccc(C)c(C)c2)cs1)N1C(=O)C2CCCCC2C1=O. The third-order valence-corrected chi connectivity index (χ3v) is 8.02. The van der Waals surface area contributed by atoms with Crippen LogP contribution < -0.4 is 5.32 Å². The normalized spacial score (nSPS) is 21.5. The molecule has 4 rings (SSSR count). The fourth-order valence-electron chi connectivity index (χ4n) is 4.66. The minimum absolute atomic E-state index is 0.170. The lowest BCUT2D eigenvalue weighted by Gasteiger charge is -2.25. The second-order valence-corrected chi connectivity index (χ2v) is 10.5. The van der Waals surface area contributed by atoms with Crippen LogP contribution in [-0.2, 0) is 14.4 Å². The van der Waals surface area contributed by atoms with E-state index in [0.29, 0.717) is 17.3 Å². The highest BCUT2D eigenvalue weighted by Crippen LogP contribution is 2.39. The van der Waals surface area contributed by atoms with E-state index in [4.69, 9.17) is 0 Å². The Morgan fingerprint density at radius 1 is 1.19 bits per heavy atom. The Hall–Kier alpha value is -2.19. The number of amides is 3. The first-order valence-corrected chi connectivity index (χ1v) is 13.4. The van der Waals surface area contributed by atoms with Crippen LogP contribution in [0, 0.1) is 25.7 Å². The van der Waals surface area contributed by atoms with Crippen molar-refractivity contribution in [3.8, 4) is 11.3 Å². The molecule has 1 aromatic carbocycles. The van der Waals surface area contributed by atoms with E-state index < -0.39 is 6.04 Å². The summed E-state index contributed by atoms with van der Waals surface area (Å²) in [6.45, 7) is 4.13. The zero-order valence-electron chi connectivity index (χ0n) is 18.7. The van der Waals surface area contributed by atoms with Gasteiger partial charge in [0.15, 0.2) is 5.13 Å². The minimum Gasteiger partial charge on any atom is -0.300 e. The number of aromatic nitrogens is 1. The molecule has 2 fully saturated rings. The summed E-state index contributed by atoms with van der Waals surface area (Å²) in [4.78, 5) is 45.2. The fraction of sp³-hybridized carbons (Fsp3) is 0.500. The van der Waals surface area contributed by atoms with Crippen LogP contribution in [0.2, 0.25) is 0 Å². The van der Waals surface area contributed by atoms with Crippen LogP contribution in [-0.4, -0.2) is 45.7 Å². The van der Waals surface area contributed by atoms with Crippen LogP contribution in [0.1, 0.15) is 43.2 Å². The average molecular weight is 472 g/mol. The Kier molecular flexibility index (Phi) is 7.00. The molecule has 1 saturated heterocycles. The molecule has 2 aliphatic rings. The van der Waals surface area contributed by atoms with E-state index >= 15 is 0 Å². The number of carbonyl (C=O) groups excluding carboxylic acids is 3. The van der Waals surface area contributed by atoms with Gasteiger partial charge in [0, 0.05) is 10.9 Å². The van der Waals surface area contributed by atoms with Crippen LogP contribution in [0.15, 0.2) is 23.6 Å². The first kappa shape index (κ1) is 23.0. The number of anilines is 1. The number of nitrogens with one attached hydrogen (secondary N) is 1. The topological polar surface area (TPSA) is 79.4 Å². The van der Waals surface area contributed by atoms with Crippen molar-refractivity contribution in [2.45, 2.75) is 52.0 Å². The molecule has 32 heavy (non-hydrogen) atoms. The van der Waals surface area contributed by atoms with E-state index in [1.807, 2.05) is 17.7 Å². The summed E-state index contributed by atoms with van der Waals surface area (Å²) in [7, 11) is 0. The molecular formula is C24H29N3O3S2. The molecule has 0 bridgehead atoms. The Bertz CT molecular complexity index is 1010. The molecule has 6 nitrogen and oxygen atoms in total. The van der Waals surface area contributed by atoms with Gasteiger partial charge >= 0.3 is 0 Å². The monoisotopic (exact) mass is 471 g/mol. The van der Waals surface area contributed by atoms with Crippen molar-refractivity contribution in [1.29, 1.82) is 0 Å². The lowest BCUT2D eigenvalue weighted by atomic mass is 9.81. The molecule has 2 aromatic rings. The standard InChI is InChI=1S/C24H29N3O3S2/c1-14-8-9-16(12-15(14)2)19-13-32-24(25-19)26-21(28)20(10-11-31-3)27-22(29)17-6-4-5-7-18(17)23(27)30/h8-9,12-13,17-18,20H,4-7,10-11H2,1-3H3,(H,25,26,28). The quantitative estimate of drug-likeness (QED) is 0.594. The van der Waals surface area contributed by atoms with Crippen molar-refractivity contribution < 1.29 is 14.4 Å². The van der Waals surface area contributed by atoms with E-state index in [1.54, 1.807) is 11.8 Å². The number of imide groups is 1. The van der Waals surface area contributed by atoms with Gasteiger partial charge < -0.3 is 5.32 Å². The van der Waals surface area contributed by atoms with E-state index in [9.17, 15) is 14.4 Å². The largest absolute Gasteiger partial charge is 0.300 e. The summed E-state index contributed by atoms with van der Waals surface area (Å²) in [5.41, 5.74) is 4.20. The summed E-state index contributed by atoms with van der Waals surface area (Å²) in [6, 6.07) is 5.38. The number of thioether (sulfide) groups is 1. The molecule has 2 heterocycles. The van der Waals surface area contributed by atoms with Gasteiger partial charge in [0.25, 0.3) is 0 Å². The maximum atomic E-state index is 13.2. The third-order valence-electron chi connectivity index (χ3n) is 6.62. The first-order valence-electron chi connectivity index (χ1n) is 11.1. The highest BCUT2D eigenvalue weighted by atomic mass is 32.2. The highest BCUT2D eigenvalue weighted by Gasteiger charge is 2.51. The minimum atomic E-state index is -0.790. The van der Waals surface area contributed by atoms with E-state index in [2.05, 4.69) is 36.3 Å². The summed E-state index contributed by atoms with van der Waals surface area (Å²) < 4.78 is 0. The maximum Gasteiger partial charge on any atom is 0.249 e. The van der Waals surface area contributed by atoms with Crippen LogP contribution in [0.5, 0.6) is 0 Å². The number of hydrogen-bond donors (Lipinski definition) is 1. The molecule has 1 saturated carbocycles. The third kappa shape index (κ3) is 4.48. The number of likely N-dealkylation sites (tertiary alicyclic amines) is 1. The molecule has 170 valence electrons. The number of carbonyl (C=O) groups is 3. The second-order valence-electron chi connectivity index (χ2n) is 8.67. The fourth-order valence-corrected chi connectivity index (χ4v) is 5.84. The van der Waals surface area contributed by atoms with Crippen molar-refractivity contribution in [2.24, 2.45) is 11.8 Å². The number of nitrogens with zero attached hydrogens (tertiary/aromatic N) is 2. The molecule has 1 aliphatic heterocycles. The van der Waals surface area contributed by atoms with Gasteiger partial charge in [0.1, 0.15) is 6.04 Å². The molecule has 3 unspecified atom stereocenters. The van der Waals surface area contributed by atoms with Crippen LogP contribution >= 0.6 is 23.1 Å². The van der Waals surface area contributed by atoms with Crippen molar-refractivity contribution in [3.05, 3.63) is 34.7 Å². The van der Waals surface area contributed by atoms with Crippen molar-refractivity contribution >= 4 is 46.0 Å². The second kappa shape index (κ2) is 9.75. The molecule has 1 N–H and O–H groups in total. The van der Waals surface area contributed by atoms with Gasteiger partial charge in [0.05, 0.1) is 17.5 Å². The van der Waals surface area contributed by atoms with Gasteiger partial charge in [-0.05, 0) is 62.3 Å². The van der Waals surface area contributed by atoms with Gasteiger partial charge in [-0.25, -0.2) is 4.98 Å². The molecule has 1 aliphatic carbocycles. The van der Waals surface area contributed by atoms with Crippen LogP contribution in [0.25, 0.3) is 11.3 Å². The van der Waals surface area contributed by atoms with Crippen molar-refractivity contribution in [2.75, 3.05) is 17.3 Å². The smallest absolute Gasteiger partial charge is 0.249 e. The molecule has 3 amide bonds. The summed E-state index contributed by atoms with van der Waals surface area (Å²) >= 11 is 2.95. The summed E-state index contributed by atoms with van der Waals surface area (Å²) in [5.74, 6) is -0.489. The zero-order valence-corrected chi connectivity index (χ0v) is 20.4. The van der Waals surface area contributed by atoms with E-state index in [0.717, 1.165) is 36.9 Å². The molecule has 0 radical (unpaired) electrons. The Morgan fingerprint density at radius 3 is 2.50 bits per heavy atom. The number of fused-ring (bicyclic) bond motifs is 1.